The number of carbonyl (C=O) groups excluding carboxylic acids is 1. The van der Waals surface area contributed by atoms with E-state index in [-0.39, 0.29) is 10.8 Å². The quantitative estimate of drug-likeness (QED) is 0.848. The summed E-state index contributed by atoms with van der Waals surface area (Å²) in [6.07, 6.45) is 2.57. The molecule has 1 saturated carbocycles. The highest BCUT2D eigenvalue weighted by Crippen LogP contribution is 2.32. The van der Waals surface area contributed by atoms with Gasteiger partial charge in [-0.3, -0.25) is 4.79 Å². The highest BCUT2D eigenvalue weighted by atomic mass is 32.2. The molecule has 1 aromatic carbocycles. The lowest BCUT2D eigenvalue weighted by atomic mass is 10.2. The molecule has 126 valence electrons. The van der Waals surface area contributed by atoms with Crippen LogP contribution in [0.5, 0.6) is 0 Å². The van der Waals surface area contributed by atoms with Gasteiger partial charge in [-0.15, -0.1) is 0 Å². The number of amides is 1. The fourth-order valence-corrected chi connectivity index (χ4v) is 3.53. The maximum absolute atomic E-state index is 12.5. The van der Waals surface area contributed by atoms with Crippen molar-refractivity contribution in [3.63, 3.8) is 0 Å². The van der Waals surface area contributed by atoms with E-state index >= 15 is 0 Å². The first kappa shape index (κ1) is 16.4. The highest BCUT2D eigenvalue weighted by Gasteiger charge is 2.31. The number of hydrogen-bond donors (Lipinski definition) is 1. The van der Waals surface area contributed by atoms with Crippen LogP contribution in [0.4, 0.5) is 5.69 Å². The number of carbonyl (C=O) groups is 1. The van der Waals surface area contributed by atoms with Crippen LogP contribution in [-0.2, 0) is 26.0 Å². The number of anilines is 1. The summed E-state index contributed by atoms with van der Waals surface area (Å²) in [6, 6.07) is 4.88. The Kier molecular flexibility index (Phi) is 4.44. The van der Waals surface area contributed by atoms with Gasteiger partial charge in [0.05, 0.1) is 11.5 Å². The summed E-state index contributed by atoms with van der Waals surface area (Å²) >= 11 is 0. The zero-order valence-electron chi connectivity index (χ0n) is 13.4. The van der Waals surface area contributed by atoms with Gasteiger partial charge < -0.3 is 9.64 Å². The van der Waals surface area contributed by atoms with Gasteiger partial charge in [0.15, 0.2) is 0 Å². The van der Waals surface area contributed by atoms with Gasteiger partial charge in [0, 0.05) is 12.2 Å². The van der Waals surface area contributed by atoms with Gasteiger partial charge in [0.1, 0.15) is 6.10 Å². The van der Waals surface area contributed by atoms with Crippen LogP contribution in [0.25, 0.3) is 0 Å². The molecule has 7 heteroatoms. The molecule has 1 aromatic rings. The van der Waals surface area contributed by atoms with Gasteiger partial charge in [0.25, 0.3) is 5.91 Å². The average molecular weight is 338 g/mol. The molecular formula is C16H22N2O4S. The third kappa shape index (κ3) is 3.41. The van der Waals surface area contributed by atoms with Crippen LogP contribution in [0.3, 0.4) is 0 Å². The van der Waals surface area contributed by atoms with E-state index in [4.69, 9.17) is 4.74 Å². The fourth-order valence-electron chi connectivity index (χ4n) is 2.75. The Balaban J connectivity index is 1.74. The number of sulfonamides is 1. The van der Waals surface area contributed by atoms with Crippen molar-refractivity contribution >= 4 is 21.6 Å². The summed E-state index contributed by atoms with van der Waals surface area (Å²) in [5.74, 6) is 0.555. The standard InChI is InChI=1S/C16H22N2O4S/c1-11(22-10-12-3-4-12)16(19)18-8-7-13-9-14(5-6-15(13)18)23(20,21)17-2/h5-6,9,11-12,17H,3-4,7-8,10H2,1-2H3. The first-order chi connectivity index (χ1) is 10.9. The summed E-state index contributed by atoms with van der Waals surface area (Å²) in [6.45, 7) is 2.99. The van der Waals surface area contributed by atoms with Crippen molar-refractivity contribution in [3.05, 3.63) is 23.8 Å². The Morgan fingerprint density at radius 2 is 2.17 bits per heavy atom. The SMILES string of the molecule is CNS(=O)(=O)c1ccc2c(c1)CCN2C(=O)C(C)OCC1CC1. The van der Waals surface area contributed by atoms with E-state index in [2.05, 4.69) is 4.72 Å². The van der Waals surface area contributed by atoms with Gasteiger partial charge in [-0.2, -0.15) is 0 Å². The highest BCUT2D eigenvalue weighted by molar-refractivity contribution is 7.89. The number of nitrogens with zero attached hydrogens (tertiary/aromatic N) is 1. The Labute approximate surface area is 136 Å². The first-order valence-corrected chi connectivity index (χ1v) is 9.40. The second-order valence-electron chi connectivity index (χ2n) is 6.16. The molecule has 0 spiro atoms. The minimum atomic E-state index is -3.46. The number of ether oxygens (including phenoxy) is 1. The van der Waals surface area contributed by atoms with Gasteiger partial charge in [-0.05, 0) is 62.9 Å². The van der Waals surface area contributed by atoms with Crippen molar-refractivity contribution in [3.8, 4) is 0 Å². The molecule has 1 heterocycles. The Morgan fingerprint density at radius 3 is 2.83 bits per heavy atom. The van der Waals surface area contributed by atoms with E-state index in [1.165, 1.54) is 26.0 Å². The largest absolute Gasteiger partial charge is 0.368 e. The van der Waals surface area contributed by atoms with Crippen LogP contribution in [0.15, 0.2) is 23.1 Å². The molecular weight excluding hydrogens is 316 g/mol. The van der Waals surface area contributed by atoms with Crippen molar-refractivity contribution in [2.45, 2.75) is 37.2 Å². The van der Waals surface area contributed by atoms with Crippen LogP contribution < -0.4 is 9.62 Å². The Hall–Kier alpha value is -1.44. The molecule has 1 amide bonds. The third-order valence-electron chi connectivity index (χ3n) is 4.42. The minimum absolute atomic E-state index is 0.0615. The molecule has 0 aromatic heterocycles. The molecule has 1 aliphatic heterocycles. The number of benzene rings is 1. The van der Waals surface area contributed by atoms with E-state index in [0.29, 0.717) is 25.5 Å². The van der Waals surface area contributed by atoms with Gasteiger partial charge >= 0.3 is 0 Å². The van der Waals surface area contributed by atoms with Crippen LogP contribution >= 0.6 is 0 Å². The molecule has 1 N–H and O–H groups in total. The van der Waals surface area contributed by atoms with Crippen molar-refractivity contribution < 1.29 is 17.9 Å². The Morgan fingerprint density at radius 1 is 1.43 bits per heavy atom. The summed E-state index contributed by atoms with van der Waals surface area (Å²) in [4.78, 5) is 14.5. The maximum atomic E-state index is 12.5. The molecule has 1 unspecified atom stereocenters. The summed E-state index contributed by atoms with van der Waals surface area (Å²) in [5, 5.41) is 0. The second-order valence-corrected chi connectivity index (χ2v) is 8.04. The lowest BCUT2D eigenvalue weighted by molar-refractivity contribution is -0.129. The van der Waals surface area contributed by atoms with E-state index in [1.807, 2.05) is 0 Å². The van der Waals surface area contributed by atoms with Crippen LogP contribution in [0.2, 0.25) is 0 Å². The zero-order chi connectivity index (χ0) is 16.6. The lowest BCUT2D eigenvalue weighted by Gasteiger charge is -2.22. The zero-order valence-corrected chi connectivity index (χ0v) is 14.2. The van der Waals surface area contributed by atoms with Crippen molar-refractivity contribution in [2.75, 3.05) is 25.1 Å². The normalized spacial score (nSPS) is 18.8. The molecule has 0 saturated heterocycles. The predicted octanol–water partition coefficient (Wildman–Crippen LogP) is 1.30. The van der Waals surface area contributed by atoms with Crippen molar-refractivity contribution in [2.24, 2.45) is 5.92 Å². The molecule has 1 fully saturated rings. The smallest absolute Gasteiger partial charge is 0.255 e. The maximum Gasteiger partial charge on any atom is 0.255 e. The fraction of sp³-hybridized carbons (Fsp3) is 0.562. The molecule has 23 heavy (non-hydrogen) atoms. The van der Waals surface area contributed by atoms with E-state index < -0.39 is 16.1 Å². The first-order valence-electron chi connectivity index (χ1n) is 7.92. The van der Waals surface area contributed by atoms with Gasteiger partial charge in [0.2, 0.25) is 10.0 Å². The van der Waals surface area contributed by atoms with E-state index in [9.17, 15) is 13.2 Å². The lowest BCUT2D eigenvalue weighted by Crippen LogP contribution is -2.38. The van der Waals surface area contributed by atoms with Crippen molar-refractivity contribution in [1.82, 2.24) is 4.72 Å². The Bertz CT molecular complexity index is 713. The van der Waals surface area contributed by atoms with Crippen molar-refractivity contribution in [1.29, 1.82) is 0 Å². The molecule has 2 aliphatic rings. The van der Waals surface area contributed by atoms with E-state index in [1.54, 1.807) is 24.0 Å². The van der Waals surface area contributed by atoms with Crippen LogP contribution in [-0.4, -0.2) is 40.6 Å². The van der Waals surface area contributed by atoms with Gasteiger partial charge in [-0.1, -0.05) is 0 Å². The molecule has 6 nitrogen and oxygen atoms in total. The predicted molar refractivity (Wildman–Crippen MR) is 86.9 cm³/mol. The average Bonchev–Trinajstić information content (AvgIpc) is 3.29. The minimum Gasteiger partial charge on any atom is -0.368 e. The summed E-state index contributed by atoms with van der Waals surface area (Å²) in [7, 11) is -2.08. The van der Waals surface area contributed by atoms with Crippen LogP contribution in [0.1, 0.15) is 25.3 Å². The molecule has 3 rings (SSSR count). The number of rotatable bonds is 6. The molecule has 0 radical (unpaired) electrons. The number of hydrogen-bond acceptors (Lipinski definition) is 4. The molecule has 1 atom stereocenters. The van der Waals surface area contributed by atoms with Crippen LogP contribution in [0, 0.1) is 5.92 Å². The second kappa shape index (κ2) is 6.22. The molecule has 1 aliphatic carbocycles. The summed E-state index contributed by atoms with van der Waals surface area (Å²) < 4.78 is 31.7. The number of fused-ring (bicyclic) bond motifs is 1. The number of nitrogens with one attached hydrogen (secondary N) is 1. The topological polar surface area (TPSA) is 75.7 Å². The third-order valence-corrected chi connectivity index (χ3v) is 5.83. The van der Waals surface area contributed by atoms with E-state index in [0.717, 1.165) is 11.3 Å². The summed E-state index contributed by atoms with van der Waals surface area (Å²) in [5.41, 5.74) is 1.66. The molecule has 0 bridgehead atoms. The monoisotopic (exact) mass is 338 g/mol. The van der Waals surface area contributed by atoms with Gasteiger partial charge in [-0.25, -0.2) is 13.1 Å².